The normalized spacial score (nSPS) is 10.5. The molecule has 0 radical (unpaired) electrons. The van der Waals surface area contributed by atoms with E-state index in [-0.39, 0.29) is 5.69 Å². The second-order valence-corrected chi connectivity index (χ2v) is 5.30. The van der Waals surface area contributed by atoms with Gasteiger partial charge in [-0.15, -0.1) is 11.3 Å². The van der Waals surface area contributed by atoms with Crippen LogP contribution >= 0.6 is 22.9 Å². The molecule has 2 rings (SSSR count). The lowest BCUT2D eigenvalue weighted by Crippen LogP contribution is -1.98. The molecule has 3 nitrogen and oxygen atoms in total. The van der Waals surface area contributed by atoms with E-state index in [2.05, 4.69) is 4.98 Å². The Morgan fingerprint density at radius 2 is 2.12 bits per heavy atom. The average Bonchev–Trinajstić information content (AvgIpc) is 2.64. The number of aromatic nitrogens is 1. The molecule has 0 aliphatic heterocycles. The van der Waals surface area contributed by atoms with Crippen molar-refractivity contribution in [1.82, 2.24) is 4.98 Å². The van der Waals surface area contributed by atoms with Gasteiger partial charge in [-0.2, -0.15) is 0 Å². The monoisotopic (exact) mass is 267 g/mol. The number of carbonyl (C=O) groups is 1. The van der Waals surface area contributed by atoms with E-state index in [1.807, 2.05) is 19.1 Å². The highest BCUT2D eigenvalue weighted by Gasteiger charge is 2.15. The molecular weight excluding hydrogens is 258 g/mol. The van der Waals surface area contributed by atoms with Gasteiger partial charge in [0.1, 0.15) is 5.01 Å². The summed E-state index contributed by atoms with van der Waals surface area (Å²) in [5, 5.41) is 10.3. The SMILES string of the molecule is Cc1ccc(-c2nc(C(=O)O)c(C)s2)cc1Cl. The third kappa shape index (κ3) is 2.33. The molecule has 17 heavy (non-hydrogen) atoms. The van der Waals surface area contributed by atoms with Crippen molar-refractivity contribution in [3.63, 3.8) is 0 Å². The molecule has 1 N–H and O–H groups in total. The highest BCUT2D eigenvalue weighted by atomic mass is 35.5. The zero-order valence-corrected chi connectivity index (χ0v) is 10.9. The second kappa shape index (κ2) is 4.47. The van der Waals surface area contributed by atoms with Gasteiger partial charge in [-0.05, 0) is 25.5 Å². The van der Waals surface area contributed by atoms with Crippen LogP contribution in [0.1, 0.15) is 20.9 Å². The number of thiazole rings is 1. The van der Waals surface area contributed by atoms with E-state index in [4.69, 9.17) is 16.7 Å². The van der Waals surface area contributed by atoms with Crippen LogP contribution in [0.15, 0.2) is 18.2 Å². The largest absolute Gasteiger partial charge is 0.476 e. The maximum absolute atomic E-state index is 10.9. The maximum Gasteiger partial charge on any atom is 0.355 e. The van der Waals surface area contributed by atoms with Gasteiger partial charge < -0.3 is 5.11 Å². The van der Waals surface area contributed by atoms with Gasteiger partial charge in [0.25, 0.3) is 0 Å². The van der Waals surface area contributed by atoms with Crippen molar-refractivity contribution in [2.45, 2.75) is 13.8 Å². The van der Waals surface area contributed by atoms with Gasteiger partial charge >= 0.3 is 5.97 Å². The number of carboxylic acid groups (broad SMARTS) is 1. The van der Waals surface area contributed by atoms with Gasteiger partial charge in [0.05, 0.1) is 0 Å². The number of carboxylic acids is 1. The van der Waals surface area contributed by atoms with Crippen LogP contribution in [-0.4, -0.2) is 16.1 Å². The lowest BCUT2D eigenvalue weighted by molar-refractivity contribution is 0.0690. The molecule has 5 heteroatoms. The first-order valence-corrected chi connectivity index (χ1v) is 6.15. The Balaban J connectivity index is 2.50. The van der Waals surface area contributed by atoms with E-state index in [0.717, 1.165) is 11.1 Å². The molecule has 0 saturated carbocycles. The molecule has 0 amide bonds. The van der Waals surface area contributed by atoms with Crippen LogP contribution in [0.5, 0.6) is 0 Å². The molecule has 0 spiro atoms. The Labute approximate surface area is 108 Å². The number of benzene rings is 1. The van der Waals surface area contributed by atoms with E-state index in [1.165, 1.54) is 11.3 Å². The summed E-state index contributed by atoms with van der Waals surface area (Å²) in [7, 11) is 0. The van der Waals surface area contributed by atoms with Crippen LogP contribution in [0.4, 0.5) is 0 Å². The summed E-state index contributed by atoms with van der Waals surface area (Å²) in [5.41, 5.74) is 1.95. The lowest BCUT2D eigenvalue weighted by Gasteiger charge is -2.00. The van der Waals surface area contributed by atoms with Crippen LogP contribution in [0, 0.1) is 13.8 Å². The Kier molecular flexibility index (Phi) is 3.17. The molecule has 2 aromatic rings. The van der Waals surface area contributed by atoms with E-state index in [9.17, 15) is 4.79 Å². The van der Waals surface area contributed by atoms with Gasteiger partial charge in [0.15, 0.2) is 5.69 Å². The van der Waals surface area contributed by atoms with E-state index < -0.39 is 5.97 Å². The minimum atomic E-state index is -0.997. The summed E-state index contributed by atoms with van der Waals surface area (Å²) < 4.78 is 0. The molecule has 1 aromatic heterocycles. The molecule has 0 atom stereocenters. The highest BCUT2D eigenvalue weighted by Crippen LogP contribution is 2.30. The predicted octanol–water partition coefficient (Wildman–Crippen LogP) is 3.78. The number of halogens is 1. The zero-order chi connectivity index (χ0) is 12.6. The van der Waals surface area contributed by atoms with E-state index in [0.29, 0.717) is 14.9 Å². The van der Waals surface area contributed by atoms with Crippen molar-refractivity contribution in [3.8, 4) is 10.6 Å². The molecule has 0 aliphatic rings. The van der Waals surface area contributed by atoms with Gasteiger partial charge in [-0.1, -0.05) is 23.7 Å². The summed E-state index contributed by atoms with van der Waals surface area (Å²) in [5.74, 6) is -0.997. The van der Waals surface area contributed by atoms with Gasteiger partial charge in [0.2, 0.25) is 0 Å². The fourth-order valence-electron chi connectivity index (χ4n) is 1.44. The van der Waals surface area contributed by atoms with Crippen molar-refractivity contribution in [3.05, 3.63) is 39.4 Å². The molecule has 1 aromatic carbocycles. The van der Waals surface area contributed by atoms with Crippen LogP contribution in [-0.2, 0) is 0 Å². The number of hydrogen-bond acceptors (Lipinski definition) is 3. The summed E-state index contributed by atoms with van der Waals surface area (Å²) >= 11 is 7.39. The van der Waals surface area contributed by atoms with E-state index in [1.54, 1.807) is 13.0 Å². The number of nitrogens with zero attached hydrogens (tertiary/aromatic N) is 1. The molecule has 0 fully saturated rings. The molecule has 0 unspecified atom stereocenters. The minimum absolute atomic E-state index is 0.113. The predicted molar refractivity (Wildman–Crippen MR) is 69.0 cm³/mol. The third-order valence-electron chi connectivity index (χ3n) is 2.42. The number of aromatic carboxylic acids is 1. The smallest absolute Gasteiger partial charge is 0.355 e. The summed E-state index contributed by atoms with van der Waals surface area (Å²) in [6.07, 6.45) is 0. The van der Waals surface area contributed by atoms with Crippen LogP contribution in [0.25, 0.3) is 10.6 Å². The number of hydrogen-bond donors (Lipinski definition) is 1. The van der Waals surface area contributed by atoms with Crippen LogP contribution in [0.2, 0.25) is 5.02 Å². The molecule has 0 saturated heterocycles. The number of aryl methyl sites for hydroxylation is 2. The van der Waals surface area contributed by atoms with Gasteiger partial charge in [-0.25, -0.2) is 9.78 Å². The molecule has 0 bridgehead atoms. The fourth-order valence-corrected chi connectivity index (χ4v) is 2.53. The number of rotatable bonds is 2. The topological polar surface area (TPSA) is 50.2 Å². The lowest BCUT2D eigenvalue weighted by atomic mass is 10.1. The third-order valence-corrected chi connectivity index (χ3v) is 3.85. The molecule has 0 aliphatic carbocycles. The Morgan fingerprint density at radius 1 is 1.41 bits per heavy atom. The second-order valence-electron chi connectivity index (χ2n) is 3.69. The first-order chi connectivity index (χ1) is 7.99. The zero-order valence-electron chi connectivity index (χ0n) is 9.32. The minimum Gasteiger partial charge on any atom is -0.476 e. The summed E-state index contributed by atoms with van der Waals surface area (Å²) in [6.45, 7) is 3.67. The average molecular weight is 268 g/mol. The molecule has 88 valence electrons. The van der Waals surface area contributed by atoms with Crippen LogP contribution in [0.3, 0.4) is 0 Å². The maximum atomic E-state index is 10.9. The fraction of sp³-hybridized carbons (Fsp3) is 0.167. The van der Waals surface area contributed by atoms with Gasteiger partial charge in [0, 0.05) is 15.5 Å². The Bertz CT molecular complexity index is 592. The van der Waals surface area contributed by atoms with Crippen molar-refractivity contribution in [2.75, 3.05) is 0 Å². The van der Waals surface area contributed by atoms with Gasteiger partial charge in [-0.3, -0.25) is 0 Å². The first-order valence-electron chi connectivity index (χ1n) is 4.96. The standard InChI is InChI=1S/C12H10ClNO2S/c1-6-3-4-8(5-9(6)13)11-14-10(12(15)16)7(2)17-11/h3-5H,1-2H3,(H,15,16). The summed E-state index contributed by atoms with van der Waals surface area (Å²) in [4.78, 5) is 15.7. The summed E-state index contributed by atoms with van der Waals surface area (Å²) in [6, 6.07) is 5.60. The Morgan fingerprint density at radius 3 is 2.65 bits per heavy atom. The van der Waals surface area contributed by atoms with Crippen molar-refractivity contribution < 1.29 is 9.90 Å². The van der Waals surface area contributed by atoms with E-state index >= 15 is 0 Å². The quantitative estimate of drug-likeness (QED) is 0.901. The molecule has 1 heterocycles. The van der Waals surface area contributed by atoms with Crippen molar-refractivity contribution in [1.29, 1.82) is 0 Å². The first kappa shape index (κ1) is 12.1. The van der Waals surface area contributed by atoms with Crippen molar-refractivity contribution in [2.24, 2.45) is 0 Å². The highest BCUT2D eigenvalue weighted by molar-refractivity contribution is 7.15. The van der Waals surface area contributed by atoms with Crippen molar-refractivity contribution >= 4 is 28.9 Å². The Hall–Kier alpha value is -1.39. The van der Waals surface area contributed by atoms with Crippen LogP contribution < -0.4 is 0 Å². The molecular formula is C12H10ClNO2S.